The fourth-order valence-corrected chi connectivity index (χ4v) is 3.67. The summed E-state index contributed by atoms with van der Waals surface area (Å²) in [5, 5.41) is 9.77. The minimum atomic E-state index is 0. The molecule has 0 aromatic rings. The van der Waals surface area contributed by atoms with Gasteiger partial charge in [0.2, 0.25) is 5.91 Å². The van der Waals surface area contributed by atoms with Crippen LogP contribution in [0.4, 0.5) is 0 Å². The second-order valence-corrected chi connectivity index (χ2v) is 7.60. The lowest BCUT2D eigenvalue weighted by Crippen LogP contribution is -2.50. The number of carbonyl (C=O) groups is 1. The van der Waals surface area contributed by atoms with Crippen molar-refractivity contribution in [1.82, 2.24) is 20.9 Å². The van der Waals surface area contributed by atoms with E-state index in [-0.39, 0.29) is 36.4 Å². The highest BCUT2D eigenvalue weighted by Gasteiger charge is 2.31. The predicted molar refractivity (Wildman–Crippen MR) is 115 cm³/mol. The Labute approximate surface area is 170 Å². The van der Waals surface area contributed by atoms with Gasteiger partial charge in [0.1, 0.15) is 0 Å². The molecule has 7 heteroatoms. The molecule has 1 aliphatic heterocycles. The van der Waals surface area contributed by atoms with Crippen molar-refractivity contribution in [3.05, 3.63) is 0 Å². The van der Waals surface area contributed by atoms with Gasteiger partial charge in [0.15, 0.2) is 5.96 Å². The van der Waals surface area contributed by atoms with Gasteiger partial charge in [0.25, 0.3) is 0 Å². The molecule has 0 spiro atoms. The van der Waals surface area contributed by atoms with Crippen LogP contribution in [0.25, 0.3) is 0 Å². The van der Waals surface area contributed by atoms with E-state index in [1.165, 1.54) is 19.3 Å². The number of nitrogens with one attached hydrogen (secondary N) is 3. The molecule has 2 fully saturated rings. The van der Waals surface area contributed by atoms with Gasteiger partial charge in [-0.05, 0) is 32.6 Å². The van der Waals surface area contributed by atoms with E-state index in [0.717, 1.165) is 31.9 Å². The molecule has 2 aliphatic rings. The van der Waals surface area contributed by atoms with E-state index in [1.807, 2.05) is 0 Å². The van der Waals surface area contributed by atoms with Crippen LogP contribution in [0.1, 0.15) is 52.9 Å². The molecule has 25 heavy (non-hydrogen) atoms. The highest BCUT2D eigenvalue weighted by atomic mass is 127. The van der Waals surface area contributed by atoms with Crippen LogP contribution in [0.3, 0.4) is 0 Å². The van der Waals surface area contributed by atoms with Crippen LogP contribution >= 0.6 is 24.0 Å². The standard InChI is InChI=1S/C18H35N5O.HI/c1-13(2)23-11-14(3)16(12-23)22-18(19-4)20-10-17(24)21-15-8-6-5-7-9-15;/h13-16H,5-12H2,1-4H3,(H,21,24)(H2,19,20,22);1H. The number of likely N-dealkylation sites (tertiary alicyclic amines) is 1. The smallest absolute Gasteiger partial charge is 0.239 e. The van der Waals surface area contributed by atoms with Crippen molar-refractivity contribution >= 4 is 35.8 Å². The van der Waals surface area contributed by atoms with Crippen molar-refractivity contribution < 1.29 is 4.79 Å². The summed E-state index contributed by atoms with van der Waals surface area (Å²) in [6.45, 7) is 9.14. The lowest BCUT2D eigenvalue weighted by atomic mass is 9.95. The Morgan fingerprint density at radius 1 is 1.16 bits per heavy atom. The lowest BCUT2D eigenvalue weighted by Gasteiger charge is -2.24. The van der Waals surface area contributed by atoms with E-state index in [2.05, 4.69) is 46.6 Å². The maximum Gasteiger partial charge on any atom is 0.239 e. The van der Waals surface area contributed by atoms with Crippen LogP contribution in [-0.4, -0.2) is 61.6 Å². The molecule has 1 heterocycles. The molecule has 1 saturated carbocycles. The number of nitrogens with zero attached hydrogens (tertiary/aromatic N) is 2. The summed E-state index contributed by atoms with van der Waals surface area (Å²) >= 11 is 0. The molecule has 0 aromatic carbocycles. The molecule has 3 N–H and O–H groups in total. The molecule has 1 aliphatic carbocycles. The predicted octanol–water partition coefficient (Wildman–Crippen LogP) is 1.95. The molecule has 2 atom stereocenters. The Bertz CT molecular complexity index is 437. The Morgan fingerprint density at radius 2 is 1.84 bits per heavy atom. The third-order valence-corrected chi connectivity index (χ3v) is 5.30. The monoisotopic (exact) mass is 465 g/mol. The van der Waals surface area contributed by atoms with Crippen LogP contribution in [-0.2, 0) is 4.79 Å². The summed E-state index contributed by atoms with van der Waals surface area (Å²) < 4.78 is 0. The van der Waals surface area contributed by atoms with Crippen LogP contribution in [0.15, 0.2) is 4.99 Å². The van der Waals surface area contributed by atoms with E-state index >= 15 is 0 Å². The summed E-state index contributed by atoms with van der Waals surface area (Å²) in [6, 6.07) is 1.30. The first-order valence-electron chi connectivity index (χ1n) is 9.50. The molecule has 146 valence electrons. The Hall–Kier alpha value is -0.570. The van der Waals surface area contributed by atoms with Crippen molar-refractivity contribution in [3.63, 3.8) is 0 Å². The average molecular weight is 465 g/mol. The van der Waals surface area contributed by atoms with Crippen LogP contribution in [0, 0.1) is 5.92 Å². The van der Waals surface area contributed by atoms with Gasteiger partial charge in [0, 0.05) is 38.3 Å². The summed E-state index contributed by atoms with van der Waals surface area (Å²) in [7, 11) is 1.76. The van der Waals surface area contributed by atoms with E-state index < -0.39 is 0 Å². The van der Waals surface area contributed by atoms with Gasteiger partial charge in [-0.1, -0.05) is 26.2 Å². The topological polar surface area (TPSA) is 68.8 Å². The van der Waals surface area contributed by atoms with Gasteiger partial charge in [-0.25, -0.2) is 0 Å². The maximum absolute atomic E-state index is 12.1. The lowest BCUT2D eigenvalue weighted by molar-refractivity contribution is -0.120. The third-order valence-electron chi connectivity index (χ3n) is 5.30. The number of rotatable bonds is 5. The normalized spacial score (nSPS) is 25.6. The third kappa shape index (κ3) is 7.29. The number of halogens is 1. The highest BCUT2D eigenvalue weighted by Crippen LogP contribution is 2.18. The van der Waals surface area contributed by atoms with Crippen molar-refractivity contribution in [3.8, 4) is 0 Å². The van der Waals surface area contributed by atoms with Crippen LogP contribution in [0.5, 0.6) is 0 Å². The Kier molecular flexibility index (Phi) is 10.1. The molecule has 0 aromatic heterocycles. The SMILES string of the molecule is CN=C(NCC(=O)NC1CCCCC1)NC1CN(C(C)C)CC1C.I. The van der Waals surface area contributed by atoms with Gasteiger partial charge in [-0.15, -0.1) is 24.0 Å². The minimum absolute atomic E-state index is 0. The quantitative estimate of drug-likeness (QED) is 0.330. The number of hydrogen-bond donors (Lipinski definition) is 3. The first-order valence-corrected chi connectivity index (χ1v) is 9.50. The summed E-state index contributed by atoms with van der Waals surface area (Å²) in [5.41, 5.74) is 0. The van der Waals surface area contributed by atoms with Crippen LogP contribution < -0.4 is 16.0 Å². The average Bonchev–Trinajstić information content (AvgIpc) is 2.93. The first-order chi connectivity index (χ1) is 11.5. The van der Waals surface area contributed by atoms with E-state index in [0.29, 0.717) is 24.0 Å². The highest BCUT2D eigenvalue weighted by molar-refractivity contribution is 14.0. The number of amides is 1. The van der Waals surface area contributed by atoms with Crippen LogP contribution in [0.2, 0.25) is 0 Å². The van der Waals surface area contributed by atoms with Gasteiger partial charge >= 0.3 is 0 Å². The zero-order chi connectivity index (χ0) is 17.5. The van der Waals surface area contributed by atoms with Gasteiger partial charge in [-0.2, -0.15) is 0 Å². The summed E-state index contributed by atoms with van der Waals surface area (Å²) in [4.78, 5) is 18.9. The van der Waals surface area contributed by atoms with E-state index in [9.17, 15) is 4.79 Å². The fraction of sp³-hybridized carbons (Fsp3) is 0.889. The van der Waals surface area contributed by atoms with Gasteiger partial charge < -0.3 is 16.0 Å². The second kappa shape index (κ2) is 11.2. The summed E-state index contributed by atoms with van der Waals surface area (Å²) in [6.07, 6.45) is 5.99. The maximum atomic E-state index is 12.1. The molecule has 0 bridgehead atoms. The molecule has 0 radical (unpaired) electrons. The zero-order valence-electron chi connectivity index (χ0n) is 16.2. The Morgan fingerprint density at radius 3 is 2.40 bits per heavy atom. The molecular formula is C18H36IN5O. The van der Waals surface area contributed by atoms with Crippen molar-refractivity contribution in [1.29, 1.82) is 0 Å². The molecule has 1 amide bonds. The largest absolute Gasteiger partial charge is 0.352 e. The molecule has 2 rings (SSSR count). The van der Waals surface area contributed by atoms with Crippen molar-refractivity contribution in [2.75, 3.05) is 26.7 Å². The van der Waals surface area contributed by atoms with Crippen molar-refractivity contribution in [2.45, 2.75) is 71.0 Å². The number of carbonyl (C=O) groups excluding carboxylic acids is 1. The number of aliphatic imine (C=N–C) groups is 1. The van der Waals surface area contributed by atoms with Crippen molar-refractivity contribution in [2.24, 2.45) is 10.9 Å². The first kappa shape index (κ1) is 22.5. The molecule has 2 unspecified atom stereocenters. The molecular weight excluding hydrogens is 429 g/mol. The second-order valence-electron chi connectivity index (χ2n) is 7.60. The number of guanidine groups is 1. The molecule has 1 saturated heterocycles. The van der Waals surface area contributed by atoms with Gasteiger partial charge in [-0.3, -0.25) is 14.7 Å². The molecule has 6 nitrogen and oxygen atoms in total. The fourth-order valence-electron chi connectivity index (χ4n) is 3.67. The number of hydrogen-bond acceptors (Lipinski definition) is 3. The van der Waals surface area contributed by atoms with E-state index in [4.69, 9.17) is 0 Å². The minimum Gasteiger partial charge on any atom is -0.352 e. The summed E-state index contributed by atoms with van der Waals surface area (Å²) in [5.74, 6) is 1.35. The van der Waals surface area contributed by atoms with Gasteiger partial charge in [0.05, 0.1) is 6.54 Å². The zero-order valence-corrected chi connectivity index (χ0v) is 18.5. The Balaban J connectivity index is 0.00000312. The van der Waals surface area contributed by atoms with E-state index in [1.54, 1.807) is 7.05 Å².